The lowest BCUT2D eigenvalue weighted by atomic mass is 10.2. The quantitative estimate of drug-likeness (QED) is 0.889. The van der Waals surface area contributed by atoms with E-state index in [4.69, 9.17) is 5.11 Å². The summed E-state index contributed by atoms with van der Waals surface area (Å²) >= 11 is 1.23. The number of hydrogen-bond donors (Lipinski definition) is 2. The van der Waals surface area contributed by atoms with E-state index in [1.54, 1.807) is 24.3 Å². The highest BCUT2D eigenvalue weighted by Gasteiger charge is 2.11. The van der Waals surface area contributed by atoms with Gasteiger partial charge in [-0.2, -0.15) is 0 Å². The van der Waals surface area contributed by atoms with E-state index in [0.717, 1.165) is 10.4 Å². The van der Waals surface area contributed by atoms with Crippen molar-refractivity contribution >= 4 is 23.0 Å². The lowest BCUT2D eigenvalue weighted by Gasteiger charge is -2.06. The van der Waals surface area contributed by atoms with Crippen molar-refractivity contribution in [1.29, 1.82) is 0 Å². The molecular weight excluding hydrogens is 253 g/mol. The highest BCUT2D eigenvalue weighted by Crippen LogP contribution is 2.23. The van der Waals surface area contributed by atoms with Crippen LogP contribution in [0.25, 0.3) is 0 Å². The molecule has 0 saturated heterocycles. The number of nitrogens with one attached hydrogen (secondary N) is 1. The van der Waals surface area contributed by atoms with Gasteiger partial charge < -0.3 is 10.4 Å². The predicted octanol–water partition coefficient (Wildman–Crippen LogP) is 3.51. The molecule has 0 aliphatic heterocycles. The third kappa shape index (κ3) is 2.68. The van der Waals surface area contributed by atoms with Crippen molar-refractivity contribution in [2.24, 2.45) is 0 Å². The van der Waals surface area contributed by atoms with Gasteiger partial charge >= 0.3 is 5.97 Å². The summed E-state index contributed by atoms with van der Waals surface area (Å²) in [5.74, 6) is -1.25. The molecule has 2 rings (SSSR count). The zero-order valence-corrected chi connectivity index (χ0v) is 10.6. The molecule has 5 heteroatoms. The second-order valence-corrected chi connectivity index (χ2v) is 5.09. The number of rotatable bonds is 4. The fourth-order valence-electron chi connectivity index (χ4n) is 1.60. The van der Waals surface area contributed by atoms with E-state index in [0.29, 0.717) is 17.1 Å². The molecule has 0 fully saturated rings. The van der Waals surface area contributed by atoms with Crippen LogP contribution < -0.4 is 5.32 Å². The van der Waals surface area contributed by atoms with Crippen molar-refractivity contribution in [2.75, 3.05) is 5.32 Å². The zero-order valence-electron chi connectivity index (χ0n) is 9.74. The Kier molecular flexibility index (Phi) is 3.62. The summed E-state index contributed by atoms with van der Waals surface area (Å²) in [5, 5.41) is 11.8. The van der Waals surface area contributed by atoms with Crippen LogP contribution in [0, 0.1) is 12.7 Å². The SMILES string of the molecule is Cc1sc(C(=O)O)cc1CNc1ccccc1F. The minimum atomic E-state index is -0.930. The van der Waals surface area contributed by atoms with Crippen LogP contribution in [0.15, 0.2) is 30.3 Å². The van der Waals surface area contributed by atoms with Gasteiger partial charge in [0.15, 0.2) is 0 Å². The Hall–Kier alpha value is -1.88. The summed E-state index contributed by atoms with van der Waals surface area (Å²) in [4.78, 5) is 12.1. The first-order chi connectivity index (χ1) is 8.58. The normalized spacial score (nSPS) is 10.3. The molecule has 0 unspecified atom stereocenters. The molecule has 0 saturated carbocycles. The van der Waals surface area contributed by atoms with Gasteiger partial charge in [0.1, 0.15) is 10.7 Å². The number of carboxylic acids is 1. The average molecular weight is 265 g/mol. The smallest absolute Gasteiger partial charge is 0.345 e. The van der Waals surface area contributed by atoms with Crippen LogP contribution in [-0.4, -0.2) is 11.1 Å². The largest absolute Gasteiger partial charge is 0.477 e. The molecule has 94 valence electrons. The van der Waals surface area contributed by atoms with E-state index >= 15 is 0 Å². The summed E-state index contributed by atoms with van der Waals surface area (Å²) in [6.45, 7) is 2.27. The minimum absolute atomic E-state index is 0.304. The maximum Gasteiger partial charge on any atom is 0.345 e. The summed E-state index contributed by atoms with van der Waals surface area (Å²) in [7, 11) is 0. The van der Waals surface area contributed by atoms with Gasteiger partial charge in [-0.1, -0.05) is 12.1 Å². The Morgan fingerprint density at radius 2 is 2.17 bits per heavy atom. The summed E-state index contributed by atoms with van der Waals surface area (Å²) in [6.07, 6.45) is 0. The summed E-state index contributed by atoms with van der Waals surface area (Å²) < 4.78 is 13.4. The molecule has 0 bridgehead atoms. The van der Waals surface area contributed by atoms with E-state index in [9.17, 15) is 9.18 Å². The average Bonchev–Trinajstić information content (AvgIpc) is 2.70. The molecule has 18 heavy (non-hydrogen) atoms. The lowest BCUT2D eigenvalue weighted by Crippen LogP contribution is -2.01. The Bertz CT molecular complexity index is 580. The molecule has 2 N–H and O–H groups in total. The van der Waals surface area contributed by atoms with Crippen LogP contribution >= 0.6 is 11.3 Å². The molecule has 0 aliphatic carbocycles. The van der Waals surface area contributed by atoms with Crippen LogP contribution in [0.4, 0.5) is 10.1 Å². The molecule has 3 nitrogen and oxygen atoms in total. The predicted molar refractivity (Wildman–Crippen MR) is 69.7 cm³/mol. The van der Waals surface area contributed by atoms with Gasteiger partial charge in [0.05, 0.1) is 5.69 Å². The standard InChI is InChI=1S/C13H12FNO2S/c1-8-9(6-12(18-8)13(16)17)7-15-11-5-3-2-4-10(11)14/h2-6,15H,7H2,1H3,(H,16,17). The van der Waals surface area contributed by atoms with Crippen LogP contribution in [0.1, 0.15) is 20.1 Å². The molecule has 0 spiro atoms. The highest BCUT2D eigenvalue weighted by atomic mass is 32.1. The van der Waals surface area contributed by atoms with E-state index in [1.807, 2.05) is 6.92 Å². The molecule has 1 heterocycles. The fraction of sp³-hybridized carbons (Fsp3) is 0.154. The summed E-state index contributed by atoms with van der Waals surface area (Å²) in [5.41, 5.74) is 1.29. The molecule has 2 aromatic rings. The first kappa shape index (κ1) is 12.6. The van der Waals surface area contributed by atoms with Gasteiger partial charge in [-0.25, -0.2) is 9.18 Å². The molecule has 1 aromatic carbocycles. The van der Waals surface area contributed by atoms with Gasteiger partial charge in [-0.3, -0.25) is 0 Å². The van der Waals surface area contributed by atoms with Crippen molar-refractivity contribution in [3.8, 4) is 0 Å². The first-order valence-electron chi connectivity index (χ1n) is 5.39. The van der Waals surface area contributed by atoms with Gasteiger partial charge in [-0.15, -0.1) is 11.3 Å². The molecule has 0 aliphatic rings. The van der Waals surface area contributed by atoms with Gasteiger partial charge in [0, 0.05) is 11.4 Å². The molecular formula is C13H12FNO2S. The van der Waals surface area contributed by atoms with Gasteiger partial charge in [0.25, 0.3) is 0 Å². The number of hydrogen-bond acceptors (Lipinski definition) is 3. The van der Waals surface area contributed by atoms with Crippen molar-refractivity contribution in [2.45, 2.75) is 13.5 Å². The number of aryl methyl sites for hydroxylation is 1. The van der Waals surface area contributed by atoms with E-state index in [1.165, 1.54) is 17.4 Å². The van der Waals surface area contributed by atoms with Crippen molar-refractivity contribution in [1.82, 2.24) is 0 Å². The second-order valence-electron chi connectivity index (χ2n) is 3.83. The number of thiophene rings is 1. The number of para-hydroxylation sites is 1. The number of carboxylic acid groups (broad SMARTS) is 1. The Labute approximate surface area is 108 Å². The Balaban J connectivity index is 2.11. The number of benzene rings is 1. The first-order valence-corrected chi connectivity index (χ1v) is 6.20. The second kappa shape index (κ2) is 5.18. The monoisotopic (exact) mass is 265 g/mol. The molecule has 0 atom stereocenters. The number of aromatic carboxylic acids is 1. The summed E-state index contributed by atoms with van der Waals surface area (Å²) in [6, 6.07) is 8.02. The maximum absolute atomic E-state index is 13.4. The van der Waals surface area contributed by atoms with E-state index in [-0.39, 0.29) is 5.82 Å². The van der Waals surface area contributed by atoms with E-state index < -0.39 is 5.97 Å². The van der Waals surface area contributed by atoms with E-state index in [2.05, 4.69) is 5.32 Å². The molecule has 0 radical (unpaired) electrons. The van der Waals surface area contributed by atoms with Crippen molar-refractivity contribution in [3.63, 3.8) is 0 Å². The molecule has 0 amide bonds. The van der Waals surface area contributed by atoms with Gasteiger partial charge in [0.2, 0.25) is 0 Å². The van der Waals surface area contributed by atoms with Crippen LogP contribution in [0.5, 0.6) is 0 Å². The Morgan fingerprint density at radius 1 is 1.44 bits per heavy atom. The lowest BCUT2D eigenvalue weighted by molar-refractivity contribution is 0.0702. The highest BCUT2D eigenvalue weighted by molar-refractivity contribution is 7.14. The topological polar surface area (TPSA) is 49.3 Å². The van der Waals surface area contributed by atoms with Crippen LogP contribution in [-0.2, 0) is 6.54 Å². The number of carbonyl (C=O) groups is 1. The third-order valence-electron chi connectivity index (χ3n) is 2.57. The number of halogens is 1. The van der Waals surface area contributed by atoms with Gasteiger partial charge in [-0.05, 0) is 30.7 Å². The van der Waals surface area contributed by atoms with Crippen LogP contribution in [0.2, 0.25) is 0 Å². The third-order valence-corrected chi connectivity index (χ3v) is 3.66. The minimum Gasteiger partial charge on any atom is -0.477 e. The van der Waals surface area contributed by atoms with Crippen molar-refractivity contribution in [3.05, 3.63) is 51.5 Å². The number of anilines is 1. The Morgan fingerprint density at radius 3 is 2.78 bits per heavy atom. The fourth-order valence-corrected chi connectivity index (χ4v) is 2.48. The van der Waals surface area contributed by atoms with Crippen LogP contribution in [0.3, 0.4) is 0 Å². The zero-order chi connectivity index (χ0) is 13.1. The molecule has 1 aromatic heterocycles. The maximum atomic E-state index is 13.4. The van der Waals surface area contributed by atoms with Crippen molar-refractivity contribution < 1.29 is 14.3 Å².